The fourth-order valence-corrected chi connectivity index (χ4v) is 5.70. The van der Waals surface area contributed by atoms with Crippen LogP contribution in [0.2, 0.25) is 0 Å². The van der Waals surface area contributed by atoms with Crippen molar-refractivity contribution in [1.82, 2.24) is 10.2 Å². The number of carbonyl (C=O) groups excluding carboxylic acids is 2. The zero-order chi connectivity index (χ0) is 36.9. The summed E-state index contributed by atoms with van der Waals surface area (Å²) >= 11 is 0. The molecule has 1 atom stereocenters. The Kier molecular flexibility index (Phi) is 11.6. The van der Waals surface area contributed by atoms with Gasteiger partial charge in [0.05, 0.1) is 12.7 Å². The van der Waals surface area contributed by atoms with Gasteiger partial charge in [-0.15, -0.1) is 0 Å². The number of hydrogen-bond donors (Lipinski definition) is 2. The van der Waals surface area contributed by atoms with Gasteiger partial charge in [-0.3, -0.25) is 9.69 Å². The fraction of sp³-hybridized carbons (Fsp3) is 0.405. The number of urea groups is 1. The van der Waals surface area contributed by atoms with Crippen LogP contribution in [-0.4, -0.2) is 53.6 Å². The summed E-state index contributed by atoms with van der Waals surface area (Å²) in [5.41, 5.74) is -6.61. The van der Waals surface area contributed by atoms with E-state index in [0.29, 0.717) is 48.3 Å². The maximum absolute atomic E-state index is 13.9. The lowest BCUT2D eigenvalue weighted by Gasteiger charge is -2.33. The number of alkyl halides is 6. The summed E-state index contributed by atoms with van der Waals surface area (Å²) in [5.74, 6) is 0.242. The Hall–Kier alpha value is -4.52. The second-order valence-corrected chi connectivity index (χ2v) is 12.5. The quantitative estimate of drug-likeness (QED) is 0.0760. The summed E-state index contributed by atoms with van der Waals surface area (Å²) in [7, 11) is 0. The number of halogens is 6. The lowest BCUT2D eigenvalue weighted by Crippen LogP contribution is -2.54. The fourth-order valence-electron chi connectivity index (χ4n) is 5.70. The van der Waals surface area contributed by atoms with Crippen molar-refractivity contribution in [2.75, 3.05) is 13.2 Å². The van der Waals surface area contributed by atoms with Crippen LogP contribution >= 0.6 is 0 Å². The van der Waals surface area contributed by atoms with Gasteiger partial charge in [-0.05, 0) is 81.0 Å². The minimum absolute atomic E-state index is 0.0245. The topological polar surface area (TPSA) is 88.1 Å². The molecular formula is C37H40F6N2O5. The number of imide groups is 1. The Bertz CT molecular complexity index is 1660. The first-order valence-electron chi connectivity index (χ1n) is 16.2. The molecule has 50 heavy (non-hydrogen) atoms. The third-order valence-electron chi connectivity index (χ3n) is 8.31. The Morgan fingerprint density at radius 2 is 1.56 bits per heavy atom. The lowest BCUT2D eigenvalue weighted by molar-refractivity contribution is -0.376. The van der Waals surface area contributed by atoms with E-state index in [9.17, 15) is 41.0 Å². The van der Waals surface area contributed by atoms with Crippen LogP contribution in [0.25, 0.3) is 12.2 Å². The van der Waals surface area contributed by atoms with E-state index >= 15 is 0 Å². The number of nitrogens with zero attached hydrogens (tertiary/aromatic N) is 1. The second-order valence-electron chi connectivity index (χ2n) is 12.5. The van der Waals surface area contributed by atoms with Crippen molar-refractivity contribution in [1.29, 1.82) is 0 Å². The van der Waals surface area contributed by atoms with E-state index in [-0.39, 0.29) is 42.6 Å². The molecule has 3 aromatic rings. The van der Waals surface area contributed by atoms with E-state index in [0.717, 1.165) is 4.90 Å². The largest absolute Gasteiger partial charge is 0.493 e. The highest BCUT2D eigenvalue weighted by atomic mass is 19.4. The van der Waals surface area contributed by atoms with Crippen molar-refractivity contribution in [2.45, 2.75) is 83.0 Å². The number of benzene rings is 3. The van der Waals surface area contributed by atoms with Crippen molar-refractivity contribution < 1.29 is 50.5 Å². The summed E-state index contributed by atoms with van der Waals surface area (Å²) in [6, 6.07) is 16.2. The van der Waals surface area contributed by atoms with Crippen LogP contribution in [0.1, 0.15) is 74.8 Å². The number of nitrogens with one attached hydrogen (secondary N) is 1. The Labute approximate surface area is 286 Å². The summed E-state index contributed by atoms with van der Waals surface area (Å²) in [6.07, 6.45) is -8.28. The number of aliphatic hydroxyl groups is 1. The van der Waals surface area contributed by atoms with Crippen molar-refractivity contribution in [3.8, 4) is 11.5 Å². The first-order valence-corrected chi connectivity index (χ1v) is 16.2. The van der Waals surface area contributed by atoms with Gasteiger partial charge in [0, 0.05) is 17.7 Å². The number of aryl methyl sites for hydroxylation is 1. The first-order chi connectivity index (χ1) is 23.4. The normalized spacial score (nSPS) is 17.2. The molecule has 2 N–H and O–H groups in total. The molecule has 1 unspecified atom stereocenters. The zero-order valence-electron chi connectivity index (χ0n) is 28.1. The number of ether oxygens (including phenoxy) is 2. The van der Waals surface area contributed by atoms with Gasteiger partial charge >= 0.3 is 18.4 Å². The van der Waals surface area contributed by atoms with Gasteiger partial charge in [0.15, 0.2) is 0 Å². The van der Waals surface area contributed by atoms with Gasteiger partial charge in [-0.2, -0.15) is 26.3 Å². The molecule has 1 saturated heterocycles. The highest BCUT2D eigenvalue weighted by molar-refractivity contribution is 6.07. The molecule has 0 spiro atoms. The molecule has 1 heterocycles. The predicted octanol–water partition coefficient (Wildman–Crippen LogP) is 8.54. The molecule has 270 valence electrons. The molecule has 4 rings (SSSR count). The summed E-state index contributed by atoms with van der Waals surface area (Å²) in [4.78, 5) is 27.3. The second kappa shape index (κ2) is 15.2. The van der Waals surface area contributed by atoms with E-state index in [4.69, 9.17) is 9.47 Å². The standard InChI is InChI=1S/C37H40F6N2O5/c1-5-11-26-22-29(35(48,36(38,39)40)37(41,42)43)23-27(15-14-25-12-7-6-8-13-25)31(26)49-21-10-9-20-45-32(46)34(4,44-33(45)47)28-16-18-30(19-17-28)50-24(2)3/h6-8,12-19,22-24,48H,5,9-11,20-21H2,1-4H3,(H,44,47)/b15-14+. The predicted molar refractivity (Wildman–Crippen MR) is 176 cm³/mol. The first kappa shape index (κ1) is 38.3. The lowest BCUT2D eigenvalue weighted by atomic mass is 9.87. The average molecular weight is 707 g/mol. The third kappa shape index (κ3) is 8.09. The van der Waals surface area contributed by atoms with Gasteiger partial charge in [0.1, 0.15) is 17.0 Å². The molecule has 0 saturated carbocycles. The number of unbranched alkanes of at least 4 members (excludes halogenated alkanes) is 1. The molecule has 1 aliphatic heterocycles. The molecule has 0 aromatic heterocycles. The van der Waals surface area contributed by atoms with Crippen LogP contribution in [0.15, 0.2) is 66.7 Å². The zero-order valence-corrected chi connectivity index (χ0v) is 28.1. The van der Waals surface area contributed by atoms with Gasteiger partial charge in [-0.25, -0.2) is 4.79 Å². The minimum atomic E-state index is -6.06. The van der Waals surface area contributed by atoms with Crippen LogP contribution in [0, 0.1) is 0 Å². The molecule has 0 bridgehead atoms. The van der Waals surface area contributed by atoms with E-state index in [1.54, 1.807) is 68.4 Å². The van der Waals surface area contributed by atoms with E-state index in [1.807, 2.05) is 13.8 Å². The molecule has 0 aliphatic carbocycles. The molecule has 0 radical (unpaired) electrons. The summed E-state index contributed by atoms with van der Waals surface area (Å²) in [5, 5.41) is 13.0. The van der Waals surface area contributed by atoms with Crippen molar-refractivity contribution in [3.05, 3.63) is 94.5 Å². The smallest absolute Gasteiger partial charge is 0.430 e. The van der Waals surface area contributed by atoms with Crippen LogP contribution in [0.5, 0.6) is 11.5 Å². The molecule has 3 aromatic carbocycles. The maximum Gasteiger partial charge on any atom is 0.430 e. The average Bonchev–Trinajstić information content (AvgIpc) is 3.26. The van der Waals surface area contributed by atoms with Gasteiger partial charge in [0.2, 0.25) is 0 Å². The van der Waals surface area contributed by atoms with Gasteiger partial charge < -0.3 is 19.9 Å². The number of rotatable bonds is 14. The van der Waals surface area contributed by atoms with Crippen LogP contribution in [0.3, 0.4) is 0 Å². The highest BCUT2D eigenvalue weighted by Gasteiger charge is 2.71. The molecule has 1 fully saturated rings. The Morgan fingerprint density at radius 3 is 2.14 bits per heavy atom. The molecule has 13 heteroatoms. The molecular weight excluding hydrogens is 666 g/mol. The number of carbonyl (C=O) groups is 2. The molecule has 3 amide bonds. The van der Waals surface area contributed by atoms with Crippen molar-refractivity contribution in [2.24, 2.45) is 0 Å². The van der Waals surface area contributed by atoms with Crippen LogP contribution in [0.4, 0.5) is 31.1 Å². The third-order valence-corrected chi connectivity index (χ3v) is 8.31. The Balaban J connectivity index is 1.54. The van der Waals surface area contributed by atoms with E-state index in [1.165, 1.54) is 12.2 Å². The van der Waals surface area contributed by atoms with E-state index < -0.39 is 41.0 Å². The minimum Gasteiger partial charge on any atom is -0.493 e. The highest BCUT2D eigenvalue weighted by Crippen LogP contribution is 2.51. The monoisotopic (exact) mass is 706 g/mol. The Morgan fingerprint density at radius 1 is 0.920 bits per heavy atom. The molecule has 7 nitrogen and oxygen atoms in total. The maximum atomic E-state index is 13.9. The number of amides is 3. The summed E-state index contributed by atoms with van der Waals surface area (Å²) in [6.45, 7) is 7.10. The van der Waals surface area contributed by atoms with Crippen molar-refractivity contribution >= 4 is 24.1 Å². The number of hydrogen-bond acceptors (Lipinski definition) is 5. The van der Waals surface area contributed by atoms with Crippen LogP contribution in [-0.2, 0) is 22.4 Å². The molecule has 1 aliphatic rings. The van der Waals surface area contributed by atoms with Crippen molar-refractivity contribution in [3.63, 3.8) is 0 Å². The summed E-state index contributed by atoms with van der Waals surface area (Å²) < 4.78 is 94.9. The van der Waals surface area contributed by atoms with Gasteiger partial charge in [0.25, 0.3) is 11.5 Å². The SMILES string of the molecule is CCCc1cc(C(O)(C(F)(F)F)C(F)(F)F)cc(/C=C/c2ccccc2)c1OCCCCN1C(=O)NC(C)(c2ccc(OC(C)C)cc2)C1=O. The van der Waals surface area contributed by atoms with Crippen LogP contribution < -0.4 is 14.8 Å². The van der Waals surface area contributed by atoms with Gasteiger partial charge in [-0.1, -0.05) is 68.0 Å². The van der Waals surface area contributed by atoms with E-state index in [2.05, 4.69) is 5.32 Å².